The zero-order valence-electron chi connectivity index (χ0n) is 14.7. The number of aromatic nitrogens is 1. The number of amides is 1. The third kappa shape index (κ3) is 3.37. The molecule has 0 radical (unpaired) electrons. The number of aryl methyl sites for hydroxylation is 2. The van der Waals surface area contributed by atoms with Crippen LogP contribution in [0, 0.1) is 6.92 Å². The second kappa shape index (κ2) is 7.23. The first kappa shape index (κ1) is 17.4. The van der Waals surface area contributed by atoms with E-state index >= 15 is 0 Å². The number of fused-ring (bicyclic) bond motifs is 1. The SMILES string of the molecule is CCCn1ccc2sc(C)c(C(=O)N[C@H](C)c3ccccc3)c2c1=O. The molecule has 0 aliphatic heterocycles. The van der Waals surface area contributed by atoms with Gasteiger partial charge in [-0.1, -0.05) is 37.3 Å². The molecule has 0 saturated heterocycles. The van der Waals surface area contributed by atoms with Gasteiger partial charge in [-0.15, -0.1) is 11.3 Å². The van der Waals surface area contributed by atoms with Crippen molar-refractivity contribution in [1.29, 1.82) is 0 Å². The number of nitrogens with zero attached hydrogens (tertiary/aromatic N) is 1. The van der Waals surface area contributed by atoms with E-state index in [0.29, 0.717) is 17.5 Å². The number of carbonyl (C=O) groups excluding carboxylic acids is 1. The Kier molecular flexibility index (Phi) is 5.04. The highest BCUT2D eigenvalue weighted by atomic mass is 32.1. The molecule has 2 aromatic heterocycles. The van der Waals surface area contributed by atoms with E-state index < -0.39 is 0 Å². The Morgan fingerprint density at radius 1 is 1.24 bits per heavy atom. The van der Waals surface area contributed by atoms with Crippen molar-refractivity contribution in [2.75, 3.05) is 0 Å². The summed E-state index contributed by atoms with van der Waals surface area (Å²) in [5.74, 6) is -0.188. The first-order valence-electron chi connectivity index (χ1n) is 8.51. The molecule has 0 unspecified atom stereocenters. The van der Waals surface area contributed by atoms with Crippen LogP contribution >= 0.6 is 11.3 Å². The average molecular weight is 354 g/mol. The van der Waals surface area contributed by atoms with Crippen LogP contribution in [0.25, 0.3) is 10.1 Å². The average Bonchev–Trinajstić information content (AvgIpc) is 2.95. The predicted octanol–water partition coefficient (Wildman–Crippen LogP) is 4.27. The Morgan fingerprint density at radius 3 is 2.64 bits per heavy atom. The monoisotopic (exact) mass is 354 g/mol. The molecule has 1 amide bonds. The highest BCUT2D eigenvalue weighted by Gasteiger charge is 2.21. The van der Waals surface area contributed by atoms with Crippen LogP contribution in [0.2, 0.25) is 0 Å². The summed E-state index contributed by atoms with van der Waals surface area (Å²) in [5, 5.41) is 3.57. The zero-order chi connectivity index (χ0) is 18.0. The maximum absolute atomic E-state index is 12.9. The smallest absolute Gasteiger partial charge is 0.260 e. The van der Waals surface area contributed by atoms with Gasteiger partial charge in [0.25, 0.3) is 11.5 Å². The molecule has 25 heavy (non-hydrogen) atoms. The van der Waals surface area contributed by atoms with Gasteiger partial charge in [0.15, 0.2) is 0 Å². The summed E-state index contributed by atoms with van der Waals surface area (Å²) in [6.07, 6.45) is 2.69. The summed E-state index contributed by atoms with van der Waals surface area (Å²) in [6, 6.07) is 11.6. The molecule has 0 bridgehead atoms. The minimum absolute atomic E-state index is 0.0822. The van der Waals surface area contributed by atoms with Gasteiger partial charge < -0.3 is 9.88 Å². The van der Waals surface area contributed by atoms with Crippen LogP contribution in [0.1, 0.15) is 47.1 Å². The minimum Gasteiger partial charge on any atom is -0.345 e. The third-order valence-corrected chi connectivity index (χ3v) is 5.40. The largest absolute Gasteiger partial charge is 0.345 e. The molecule has 1 atom stereocenters. The fraction of sp³-hybridized carbons (Fsp3) is 0.300. The fourth-order valence-corrected chi connectivity index (χ4v) is 4.10. The number of nitrogens with one attached hydrogen (secondary N) is 1. The number of rotatable bonds is 5. The van der Waals surface area contributed by atoms with Gasteiger partial charge in [-0.25, -0.2) is 0 Å². The Labute approximate surface area is 151 Å². The summed E-state index contributed by atoms with van der Waals surface area (Å²) < 4.78 is 2.55. The van der Waals surface area contributed by atoms with Crippen LogP contribution in [-0.2, 0) is 6.54 Å². The number of carbonyl (C=O) groups is 1. The van der Waals surface area contributed by atoms with Crippen molar-refractivity contribution in [2.45, 2.75) is 39.8 Å². The van der Waals surface area contributed by atoms with Gasteiger partial charge in [-0.05, 0) is 31.9 Å². The van der Waals surface area contributed by atoms with Gasteiger partial charge in [0.2, 0.25) is 0 Å². The van der Waals surface area contributed by atoms with Crippen LogP contribution < -0.4 is 10.9 Å². The Hall–Kier alpha value is -2.40. The number of hydrogen-bond donors (Lipinski definition) is 1. The van der Waals surface area contributed by atoms with Gasteiger partial charge in [-0.3, -0.25) is 9.59 Å². The van der Waals surface area contributed by atoms with E-state index in [1.54, 1.807) is 4.57 Å². The highest BCUT2D eigenvalue weighted by molar-refractivity contribution is 7.19. The standard InChI is InChI=1S/C20H22N2O2S/c1-4-11-22-12-10-16-18(20(22)24)17(14(3)25-16)19(23)21-13(2)15-8-6-5-7-9-15/h5-10,12-13H,4,11H2,1-3H3,(H,21,23)/t13-/m1/s1. The highest BCUT2D eigenvalue weighted by Crippen LogP contribution is 2.29. The molecule has 1 aromatic carbocycles. The molecular weight excluding hydrogens is 332 g/mol. The Bertz CT molecular complexity index is 957. The number of pyridine rings is 1. The molecule has 130 valence electrons. The number of thiophene rings is 1. The van der Waals surface area contributed by atoms with E-state index in [9.17, 15) is 9.59 Å². The molecule has 1 N–H and O–H groups in total. The van der Waals surface area contributed by atoms with Crippen LogP contribution in [0.15, 0.2) is 47.4 Å². The molecule has 3 rings (SSSR count). The quantitative estimate of drug-likeness (QED) is 0.744. The summed E-state index contributed by atoms with van der Waals surface area (Å²) in [7, 11) is 0. The molecule has 5 heteroatoms. The second-order valence-electron chi connectivity index (χ2n) is 6.19. The molecular formula is C20H22N2O2S. The van der Waals surface area contributed by atoms with Crippen LogP contribution in [0.5, 0.6) is 0 Å². The van der Waals surface area contributed by atoms with Gasteiger partial charge in [0, 0.05) is 22.3 Å². The Morgan fingerprint density at radius 2 is 1.96 bits per heavy atom. The van der Waals surface area contributed by atoms with Crippen molar-refractivity contribution < 1.29 is 4.79 Å². The van der Waals surface area contributed by atoms with E-state index in [-0.39, 0.29) is 17.5 Å². The van der Waals surface area contributed by atoms with Gasteiger partial charge in [-0.2, -0.15) is 0 Å². The maximum Gasteiger partial charge on any atom is 0.260 e. The fourth-order valence-electron chi connectivity index (χ4n) is 3.05. The Balaban J connectivity index is 2.00. The molecule has 0 fully saturated rings. The van der Waals surface area contributed by atoms with E-state index in [1.165, 1.54) is 11.3 Å². The van der Waals surface area contributed by atoms with E-state index in [0.717, 1.165) is 21.6 Å². The summed E-state index contributed by atoms with van der Waals surface area (Å²) >= 11 is 1.50. The molecule has 0 spiro atoms. The van der Waals surface area contributed by atoms with Crippen molar-refractivity contribution in [1.82, 2.24) is 9.88 Å². The third-order valence-electron chi connectivity index (χ3n) is 4.33. The number of hydrogen-bond acceptors (Lipinski definition) is 3. The van der Waals surface area contributed by atoms with Crippen molar-refractivity contribution in [2.24, 2.45) is 0 Å². The molecule has 0 aliphatic rings. The molecule has 2 heterocycles. The minimum atomic E-state index is -0.188. The van der Waals surface area contributed by atoms with Gasteiger partial charge in [0.05, 0.1) is 17.0 Å². The molecule has 3 aromatic rings. The second-order valence-corrected chi connectivity index (χ2v) is 7.45. The summed E-state index contributed by atoms with van der Waals surface area (Å²) in [5.41, 5.74) is 1.47. The summed E-state index contributed by atoms with van der Waals surface area (Å²) in [6.45, 7) is 6.54. The van der Waals surface area contributed by atoms with Crippen molar-refractivity contribution in [3.05, 3.63) is 69.0 Å². The summed E-state index contributed by atoms with van der Waals surface area (Å²) in [4.78, 5) is 26.6. The van der Waals surface area contributed by atoms with Gasteiger partial charge in [0.1, 0.15) is 0 Å². The van der Waals surface area contributed by atoms with Crippen LogP contribution in [0.3, 0.4) is 0 Å². The van der Waals surface area contributed by atoms with E-state index in [1.807, 2.05) is 63.4 Å². The maximum atomic E-state index is 12.9. The molecule has 0 aliphatic carbocycles. The first-order valence-corrected chi connectivity index (χ1v) is 9.33. The normalized spacial score (nSPS) is 12.3. The first-order chi connectivity index (χ1) is 12.0. The van der Waals surface area contributed by atoms with E-state index in [4.69, 9.17) is 0 Å². The predicted molar refractivity (Wildman–Crippen MR) is 103 cm³/mol. The lowest BCUT2D eigenvalue weighted by atomic mass is 10.1. The van der Waals surface area contributed by atoms with Crippen LogP contribution in [0.4, 0.5) is 0 Å². The molecule has 0 saturated carbocycles. The van der Waals surface area contributed by atoms with Crippen molar-refractivity contribution in [3.8, 4) is 0 Å². The van der Waals surface area contributed by atoms with Crippen molar-refractivity contribution in [3.63, 3.8) is 0 Å². The lowest BCUT2D eigenvalue weighted by Gasteiger charge is -2.14. The van der Waals surface area contributed by atoms with Gasteiger partial charge >= 0.3 is 0 Å². The molecule has 4 nitrogen and oxygen atoms in total. The lowest BCUT2D eigenvalue weighted by Crippen LogP contribution is -2.28. The topological polar surface area (TPSA) is 51.1 Å². The zero-order valence-corrected chi connectivity index (χ0v) is 15.5. The lowest BCUT2D eigenvalue weighted by molar-refractivity contribution is 0.0941. The number of benzene rings is 1. The van der Waals surface area contributed by atoms with E-state index in [2.05, 4.69) is 5.32 Å². The van der Waals surface area contributed by atoms with Crippen LogP contribution in [-0.4, -0.2) is 10.5 Å². The van der Waals surface area contributed by atoms with Crippen molar-refractivity contribution >= 4 is 27.3 Å².